The fourth-order valence-corrected chi connectivity index (χ4v) is 1.93. The number of aliphatic carboxylic acids is 1. The molecule has 0 spiro atoms. The molecule has 0 aliphatic rings. The maximum absolute atomic E-state index is 12.0. The second-order valence-electron chi connectivity index (χ2n) is 3.62. The first-order valence-electron chi connectivity index (χ1n) is 4.86. The van der Waals surface area contributed by atoms with Crippen molar-refractivity contribution in [2.75, 3.05) is 0 Å². The molecule has 1 heterocycles. The van der Waals surface area contributed by atoms with Gasteiger partial charge in [-0.3, -0.25) is 14.2 Å². The van der Waals surface area contributed by atoms with Crippen molar-refractivity contribution in [3.05, 3.63) is 38.9 Å². The molecule has 0 saturated heterocycles. The minimum Gasteiger partial charge on any atom is -0.481 e. The molecule has 0 bridgehead atoms. The van der Waals surface area contributed by atoms with Crippen LogP contribution in [0.15, 0.2) is 27.5 Å². The van der Waals surface area contributed by atoms with Crippen molar-refractivity contribution >= 4 is 32.8 Å². The predicted octanol–water partition coefficient (Wildman–Crippen LogP) is 1.32. The Morgan fingerprint density at radius 1 is 1.53 bits per heavy atom. The van der Waals surface area contributed by atoms with Crippen molar-refractivity contribution < 1.29 is 9.90 Å². The van der Waals surface area contributed by atoms with Gasteiger partial charge in [-0.05, 0) is 18.2 Å². The van der Waals surface area contributed by atoms with Gasteiger partial charge in [-0.25, -0.2) is 4.98 Å². The molecule has 0 unspecified atom stereocenters. The molecule has 1 N–H and O–H groups in total. The number of hydrogen-bond acceptors (Lipinski definition) is 3. The smallest absolute Gasteiger partial charge is 0.311 e. The summed E-state index contributed by atoms with van der Waals surface area (Å²) in [5.41, 5.74) is 0.262. The Kier molecular flexibility index (Phi) is 2.97. The van der Waals surface area contributed by atoms with Gasteiger partial charge in [0.1, 0.15) is 12.2 Å². The van der Waals surface area contributed by atoms with Gasteiger partial charge >= 0.3 is 5.97 Å². The number of carboxylic acid groups (broad SMARTS) is 1. The summed E-state index contributed by atoms with van der Waals surface area (Å²) in [5.74, 6) is -0.769. The van der Waals surface area contributed by atoms with E-state index in [1.807, 2.05) is 0 Å². The summed E-state index contributed by atoms with van der Waals surface area (Å²) < 4.78 is 2.07. The third kappa shape index (κ3) is 2.21. The van der Waals surface area contributed by atoms with Gasteiger partial charge in [0.25, 0.3) is 5.56 Å². The largest absolute Gasteiger partial charge is 0.481 e. The Hall–Kier alpha value is -1.69. The van der Waals surface area contributed by atoms with Gasteiger partial charge in [0.2, 0.25) is 0 Å². The summed E-state index contributed by atoms with van der Waals surface area (Å²) in [6.07, 6.45) is -0.270. The Morgan fingerprint density at radius 3 is 2.88 bits per heavy atom. The summed E-state index contributed by atoms with van der Waals surface area (Å²) in [6, 6.07) is 5.11. The van der Waals surface area contributed by atoms with Crippen LogP contribution in [0.5, 0.6) is 0 Å². The van der Waals surface area contributed by atoms with Crippen molar-refractivity contribution in [1.29, 1.82) is 0 Å². The highest BCUT2D eigenvalue weighted by Crippen LogP contribution is 2.15. The van der Waals surface area contributed by atoms with E-state index in [1.165, 1.54) is 11.6 Å². The van der Waals surface area contributed by atoms with Crippen LogP contribution >= 0.6 is 15.9 Å². The topological polar surface area (TPSA) is 72.2 Å². The normalized spacial score (nSPS) is 10.7. The molecule has 0 aliphatic carbocycles. The molecular weight excluding hydrogens is 288 g/mol. The predicted molar refractivity (Wildman–Crippen MR) is 66.0 cm³/mol. The summed E-state index contributed by atoms with van der Waals surface area (Å²) in [6.45, 7) is 0. The van der Waals surface area contributed by atoms with Crippen LogP contribution in [0.25, 0.3) is 10.9 Å². The van der Waals surface area contributed by atoms with Crippen LogP contribution in [0.4, 0.5) is 0 Å². The molecule has 2 rings (SSSR count). The fourth-order valence-electron chi connectivity index (χ4n) is 1.58. The van der Waals surface area contributed by atoms with Gasteiger partial charge in [-0.15, -0.1) is 0 Å². The lowest BCUT2D eigenvalue weighted by Crippen LogP contribution is -2.24. The third-order valence-electron chi connectivity index (χ3n) is 2.44. The van der Waals surface area contributed by atoms with Crippen molar-refractivity contribution in [3.63, 3.8) is 0 Å². The average molecular weight is 297 g/mol. The highest BCUT2D eigenvalue weighted by Gasteiger charge is 2.11. The zero-order chi connectivity index (χ0) is 12.6. The number of hydrogen-bond donors (Lipinski definition) is 1. The van der Waals surface area contributed by atoms with Gasteiger partial charge in [0, 0.05) is 11.5 Å². The second kappa shape index (κ2) is 4.29. The van der Waals surface area contributed by atoms with Crippen molar-refractivity contribution in [2.24, 2.45) is 7.05 Å². The summed E-state index contributed by atoms with van der Waals surface area (Å²) in [4.78, 5) is 26.8. The van der Waals surface area contributed by atoms with Gasteiger partial charge in [-0.1, -0.05) is 15.9 Å². The van der Waals surface area contributed by atoms with Gasteiger partial charge in [0.05, 0.1) is 10.9 Å². The number of fused-ring (bicyclic) bond motifs is 1. The first kappa shape index (κ1) is 11.8. The van der Waals surface area contributed by atoms with Crippen LogP contribution < -0.4 is 5.56 Å². The number of carbonyl (C=O) groups is 1. The van der Waals surface area contributed by atoms with Crippen LogP contribution in [0.1, 0.15) is 5.82 Å². The van der Waals surface area contributed by atoms with E-state index in [-0.39, 0.29) is 17.8 Å². The molecule has 1 aromatic carbocycles. The van der Waals surface area contributed by atoms with E-state index in [2.05, 4.69) is 20.9 Å². The van der Waals surface area contributed by atoms with Gasteiger partial charge < -0.3 is 5.11 Å². The Morgan fingerprint density at radius 2 is 2.24 bits per heavy atom. The maximum Gasteiger partial charge on any atom is 0.311 e. The first-order valence-corrected chi connectivity index (χ1v) is 5.65. The molecule has 17 heavy (non-hydrogen) atoms. The van der Waals surface area contributed by atoms with E-state index in [9.17, 15) is 9.59 Å². The molecule has 5 nitrogen and oxygen atoms in total. The SMILES string of the molecule is Cn1c(CC(=O)O)nc2cc(Br)ccc2c1=O. The van der Waals surface area contributed by atoms with Crippen LogP contribution in [-0.4, -0.2) is 20.6 Å². The minimum absolute atomic E-state index is 0.237. The van der Waals surface area contributed by atoms with Crippen LogP contribution in [-0.2, 0) is 18.3 Å². The van der Waals surface area contributed by atoms with Crippen LogP contribution in [0.2, 0.25) is 0 Å². The molecule has 0 amide bonds. The fraction of sp³-hybridized carbons (Fsp3) is 0.182. The average Bonchev–Trinajstić information content (AvgIpc) is 2.24. The molecule has 88 valence electrons. The molecular formula is C11H9BrN2O3. The molecule has 0 saturated carbocycles. The molecule has 0 atom stereocenters. The molecule has 0 aliphatic heterocycles. The van der Waals surface area contributed by atoms with E-state index in [1.54, 1.807) is 18.2 Å². The van der Waals surface area contributed by atoms with E-state index in [0.717, 1.165) is 4.47 Å². The van der Waals surface area contributed by atoms with E-state index < -0.39 is 5.97 Å². The van der Waals surface area contributed by atoms with Crippen LogP contribution in [0.3, 0.4) is 0 Å². The van der Waals surface area contributed by atoms with E-state index in [4.69, 9.17) is 5.11 Å². The van der Waals surface area contributed by atoms with Crippen molar-refractivity contribution in [2.45, 2.75) is 6.42 Å². The maximum atomic E-state index is 12.0. The highest BCUT2D eigenvalue weighted by molar-refractivity contribution is 9.10. The molecule has 0 radical (unpaired) electrons. The molecule has 1 aromatic heterocycles. The number of nitrogens with zero attached hydrogens (tertiary/aromatic N) is 2. The lowest BCUT2D eigenvalue weighted by Gasteiger charge is -2.07. The summed E-state index contributed by atoms with van der Waals surface area (Å²) >= 11 is 3.29. The van der Waals surface area contributed by atoms with Crippen LogP contribution in [0, 0.1) is 0 Å². The van der Waals surface area contributed by atoms with E-state index >= 15 is 0 Å². The number of carboxylic acids is 1. The number of rotatable bonds is 2. The lowest BCUT2D eigenvalue weighted by atomic mass is 10.2. The minimum atomic E-state index is -1.01. The van der Waals surface area contributed by atoms with Crippen molar-refractivity contribution in [3.8, 4) is 0 Å². The zero-order valence-corrected chi connectivity index (χ0v) is 10.6. The quantitative estimate of drug-likeness (QED) is 0.907. The van der Waals surface area contributed by atoms with Gasteiger partial charge in [-0.2, -0.15) is 0 Å². The monoisotopic (exact) mass is 296 g/mol. The number of halogens is 1. The molecule has 0 fully saturated rings. The third-order valence-corrected chi connectivity index (χ3v) is 2.93. The van der Waals surface area contributed by atoms with Crippen molar-refractivity contribution in [1.82, 2.24) is 9.55 Å². The molecule has 6 heteroatoms. The Balaban J connectivity index is 2.75. The number of benzene rings is 1. The standard InChI is InChI=1S/C11H9BrN2O3/c1-14-9(5-10(15)16)13-8-4-6(12)2-3-7(8)11(14)17/h2-4H,5H2,1H3,(H,15,16). The summed E-state index contributed by atoms with van der Waals surface area (Å²) in [7, 11) is 1.52. The summed E-state index contributed by atoms with van der Waals surface area (Å²) in [5, 5.41) is 9.22. The Bertz CT molecular complexity index is 664. The molecule has 2 aromatic rings. The Labute approximate surface area is 105 Å². The zero-order valence-electron chi connectivity index (χ0n) is 8.98. The number of aromatic nitrogens is 2. The first-order chi connectivity index (χ1) is 7.99. The van der Waals surface area contributed by atoms with E-state index in [0.29, 0.717) is 10.9 Å². The lowest BCUT2D eigenvalue weighted by molar-refractivity contribution is -0.136. The highest BCUT2D eigenvalue weighted by atomic mass is 79.9. The second-order valence-corrected chi connectivity index (χ2v) is 4.54. The van der Waals surface area contributed by atoms with Gasteiger partial charge in [0.15, 0.2) is 0 Å².